The fraction of sp³-hybridized carbons (Fsp3) is 0.548. The number of carboxylic acids is 1. The third-order valence-electron chi connectivity index (χ3n) is 12.4. The van der Waals surface area contributed by atoms with E-state index in [1.54, 1.807) is 0 Å². The monoisotopic (exact) mass is 691 g/mol. The first-order valence-corrected chi connectivity index (χ1v) is 19.3. The lowest BCUT2D eigenvalue weighted by molar-refractivity contribution is -0.153. The lowest BCUT2D eigenvalue weighted by atomic mass is 9.72. The molecule has 9 heteroatoms. The molecule has 3 aromatic rings. The SMILES string of the molecule is CCCC1CCC(C2CCN(c3cnc(-c4ccc(C[C@H](NC(=O)c5ccc(C6(C)CC6)cc5)C(=O)N5CC(C(=O)O)C5)cc4)nc3)CC2)CC1. The summed E-state index contributed by atoms with van der Waals surface area (Å²) in [6, 6.07) is 14.6. The molecular formula is C42H53N5O4. The molecule has 2 saturated carbocycles. The van der Waals surface area contributed by atoms with Crippen LogP contribution in [0.2, 0.25) is 0 Å². The highest BCUT2D eigenvalue weighted by molar-refractivity contribution is 5.98. The number of anilines is 1. The summed E-state index contributed by atoms with van der Waals surface area (Å²) in [6.07, 6.45) is 17.3. The van der Waals surface area contributed by atoms with Crippen LogP contribution in [0, 0.1) is 23.7 Å². The van der Waals surface area contributed by atoms with E-state index in [0.717, 1.165) is 60.5 Å². The van der Waals surface area contributed by atoms with Crippen LogP contribution in [-0.4, -0.2) is 70.0 Å². The van der Waals surface area contributed by atoms with E-state index in [0.29, 0.717) is 11.4 Å². The first-order valence-electron chi connectivity index (χ1n) is 19.3. The van der Waals surface area contributed by atoms with Gasteiger partial charge in [0.05, 0.1) is 24.0 Å². The zero-order valence-electron chi connectivity index (χ0n) is 30.2. The van der Waals surface area contributed by atoms with E-state index < -0.39 is 17.9 Å². The van der Waals surface area contributed by atoms with Gasteiger partial charge in [-0.15, -0.1) is 0 Å². The molecule has 9 nitrogen and oxygen atoms in total. The number of rotatable bonds is 12. The van der Waals surface area contributed by atoms with Crippen molar-refractivity contribution in [1.29, 1.82) is 0 Å². The van der Waals surface area contributed by atoms with E-state index in [1.807, 2.05) is 60.9 Å². The van der Waals surface area contributed by atoms with Gasteiger partial charge < -0.3 is 20.2 Å². The molecule has 0 spiro atoms. The zero-order chi connectivity index (χ0) is 35.5. The van der Waals surface area contributed by atoms with Crippen LogP contribution in [-0.2, 0) is 21.4 Å². The van der Waals surface area contributed by atoms with E-state index in [9.17, 15) is 19.5 Å². The molecule has 0 radical (unpaired) electrons. The maximum atomic E-state index is 13.5. The summed E-state index contributed by atoms with van der Waals surface area (Å²) in [6.45, 7) is 6.96. The van der Waals surface area contributed by atoms with Crippen LogP contribution in [0.5, 0.6) is 0 Å². The Hall–Kier alpha value is -4.27. The van der Waals surface area contributed by atoms with Crippen LogP contribution < -0.4 is 10.2 Å². The Bertz CT molecular complexity index is 1670. The van der Waals surface area contributed by atoms with Crippen molar-refractivity contribution in [3.63, 3.8) is 0 Å². The van der Waals surface area contributed by atoms with Crippen molar-refractivity contribution in [2.45, 2.75) is 95.9 Å². The van der Waals surface area contributed by atoms with E-state index >= 15 is 0 Å². The third kappa shape index (κ3) is 8.13. The van der Waals surface area contributed by atoms with Gasteiger partial charge >= 0.3 is 5.97 Å². The summed E-state index contributed by atoms with van der Waals surface area (Å²) in [5.74, 6) is 1.29. The van der Waals surface area contributed by atoms with Crippen LogP contribution in [0.25, 0.3) is 11.4 Å². The highest BCUT2D eigenvalue weighted by Crippen LogP contribution is 2.47. The smallest absolute Gasteiger partial charge is 0.310 e. The number of aliphatic carboxylic acids is 1. The summed E-state index contributed by atoms with van der Waals surface area (Å²) in [4.78, 5) is 51.6. The van der Waals surface area contributed by atoms with E-state index in [1.165, 1.54) is 61.8 Å². The summed E-state index contributed by atoms with van der Waals surface area (Å²) < 4.78 is 0. The summed E-state index contributed by atoms with van der Waals surface area (Å²) in [5, 5.41) is 12.3. The molecule has 0 bridgehead atoms. The van der Waals surface area contributed by atoms with Crippen molar-refractivity contribution in [2.75, 3.05) is 31.1 Å². The maximum Gasteiger partial charge on any atom is 0.310 e. The Morgan fingerprint density at radius 1 is 0.882 bits per heavy atom. The Morgan fingerprint density at radius 3 is 2.10 bits per heavy atom. The van der Waals surface area contributed by atoms with Gasteiger partial charge in [-0.3, -0.25) is 14.4 Å². The number of nitrogens with zero attached hydrogens (tertiary/aromatic N) is 4. The summed E-state index contributed by atoms with van der Waals surface area (Å²) in [5.41, 5.74) is 4.76. The highest BCUT2D eigenvalue weighted by Gasteiger charge is 2.40. The standard InChI is InChI=1S/C42H53N5O4/c1-3-4-28-5-9-30(10-6-28)31-17-21-46(22-18-31)36-24-43-38(44-25-36)32-11-7-29(8-12-32)23-37(40(49)47-26-34(27-47)41(50)51)45-39(48)33-13-15-35(16-14-33)42(2)19-20-42/h7-8,11-16,24-25,28,30-31,34,37H,3-6,9-10,17-23,26-27H2,1-2H3,(H,45,48)(H,50,51)/t28?,30?,37-/m0/s1. The topological polar surface area (TPSA) is 116 Å². The predicted molar refractivity (Wildman–Crippen MR) is 198 cm³/mol. The third-order valence-corrected chi connectivity index (χ3v) is 12.4. The van der Waals surface area contributed by atoms with Gasteiger partial charge in [0.25, 0.3) is 5.91 Å². The molecule has 2 amide bonds. The van der Waals surface area contributed by atoms with Crippen molar-refractivity contribution >= 4 is 23.5 Å². The minimum absolute atomic E-state index is 0.151. The fourth-order valence-corrected chi connectivity index (χ4v) is 8.62. The number of aromatic nitrogens is 2. The van der Waals surface area contributed by atoms with Crippen LogP contribution >= 0.6 is 0 Å². The van der Waals surface area contributed by atoms with Gasteiger partial charge in [-0.2, -0.15) is 0 Å². The number of carbonyl (C=O) groups excluding carboxylic acids is 2. The molecule has 2 aliphatic heterocycles. The van der Waals surface area contributed by atoms with E-state index in [-0.39, 0.29) is 36.7 Å². The van der Waals surface area contributed by atoms with Crippen molar-refractivity contribution in [2.24, 2.45) is 23.7 Å². The van der Waals surface area contributed by atoms with Gasteiger partial charge in [0.2, 0.25) is 5.91 Å². The Kier molecular flexibility index (Phi) is 10.4. The van der Waals surface area contributed by atoms with Crippen molar-refractivity contribution in [3.8, 4) is 11.4 Å². The van der Waals surface area contributed by atoms with Crippen molar-refractivity contribution in [1.82, 2.24) is 20.2 Å². The maximum absolute atomic E-state index is 13.5. The number of benzene rings is 2. The Labute approximate surface area is 302 Å². The molecule has 1 atom stereocenters. The molecule has 2 N–H and O–H groups in total. The molecular weight excluding hydrogens is 638 g/mol. The zero-order valence-corrected chi connectivity index (χ0v) is 30.2. The predicted octanol–water partition coefficient (Wildman–Crippen LogP) is 6.90. The Balaban J connectivity index is 0.956. The molecule has 51 heavy (non-hydrogen) atoms. The van der Waals surface area contributed by atoms with Crippen LogP contribution in [0.4, 0.5) is 5.69 Å². The molecule has 2 saturated heterocycles. The quantitative estimate of drug-likeness (QED) is 0.212. The molecule has 2 aromatic carbocycles. The lowest BCUT2D eigenvalue weighted by Crippen LogP contribution is -2.59. The van der Waals surface area contributed by atoms with Gasteiger partial charge in [0, 0.05) is 43.7 Å². The van der Waals surface area contributed by atoms with Crippen molar-refractivity contribution < 1.29 is 19.5 Å². The van der Waals surface area contributed by atoms with Gasteiger partial charge in [-0.05, 0) is 85.0 Å². The minimum Gasteiger partial charge on any atom is -0.481 e. The molecule has 270 valence electrons. The van der Waals surface area contributed by atoms with Gasteiger partial charge in [-0.1, -0.05) is 75.9 Å². The van der Waals surface area contributed by atoms with Crippen LogP contribution in [0.3, 0.4) is 0 Å². The van der Waals surface area contributed by atoms with E-state index in [2.05, 4.69) is 24.1 Å². The largest absolute Gasteiger partial charge is 0.481 e. The molecule has 2 aliphatic carbocycles. The minimum atomic E-state index is -0.908. The molecule has 3 heterocycles. The first-order chi connectivity index (χ1) is 24.7. The van der Waals surface area contributed by atoms with Crippen LogP contribution in [0.1, 0.15) is 99.5 Å². The van der Waals surface area contributed by atoms with Crippen molar-refractivity contribution in [3.05, 3.63) is 77.6 Å². The number of carbonyl (C=O) groups is 3. The fourth-order valence-electron chi connectivity index (χ4n) is 8.62. The molecule has 1 aromatic heterocycles. The summed E-state index contributed by atoms with van der Waals surface area (Å²) in [7, 11) is 0. The van der Waals surface area contributed by atoms with E-state index in [4.69, 9.17) is 9.97 Å². The number of hydrogen-bond acceptors (Lipinski definition) is 6. The highest BCUT2D eigenvalue weighted by atomic mass is 16.4. The number of carboxylic acid groups (broad SMARTS) is 1. The first kappa shape index (κ1) is 35.1. The average Bonchev–Trinajstić information content (AvgIpc) is 3.89. The Morgan fingerprint density at radius 2 is 1.51 bits per heavy atom. The number of amides is 2. The average molecular weight is 692 g/mol. The second-order valence-electron chi connectivity index (χ2n) is 16.0. The molecule has 4 aliphatic rings. The number of piperidine rings is 1. The second-order valence-corrected chi connectivity index (χ2v) is 16.0. The van der Waals surface area contributed by atoms with Gasteiger partial charge in [-0.25, -0.2) is 9.97 Å². The normalized spacial score (nSPS) is 22.5. The molecule has 0 unspecified atom stereocenters. The number of nitrogens with one attached hydrogen (secondary N) is 1. The molecule has 4 fully saturated rings. The molecule has 7 rings (SSSR count). The lowest BCUT2D eigenvalue weighted by Gasteiger charge is -2.39. The summed E-state index contributed by atoms with van der Waals surface area (Å²) >= 11 is 0. The number of likely N-dealkylation sites (tertiary alicyclic amines) is 1. The number of hydrogen-bond donors (Lipinski definition) is 2. The van der Waals surface area contributed by atoms with Crippen LogP contribution in [0.15, 0.2) is 60.9 Å². The van der Waals surface area contributed by atoms with Gasteiger partial charge in [0.1, 0.15) is 6.04 Å². The second kappa shape index (κ2) is 15.1. The van der Waals surface area contributed by atoms with Gasteiger partial charge in [0.15, 0.2) is 5.82 Å².